The standard InChI is InChI=1S/C17H14F2N4/c1-11-10-15(21-12-6-3-2-4-7-12)22-17(20-11)23-16-13(18)8-5-9-14(16)19/h2-10H,1H3,(H2,20,21,22,23). The fourth-order valence-corrected chi connectivity index (χ4v) is 2.09. The third-order valence-electron chi connectivity index (χ3n) is 3.10. The summed E-state index contributed by atoms with van der Waals surface area (Å²) >= 11 is 0. The van der Waals surface area contributed by atoms with Crippen molar-refractivity contribution in [2.45, 2.75) is 6.92 Å². The maximum absolute atomic E-state index is 13.7. The number of hydrogen-bond donors (Lipinski definition) is 2. The topological polar surface area (TPSA) is 49.8 Å². The van der Waals surface area contributed by atoms with E-state index in [4.69, 9.17) is 0 Å². The molecule has 0 aliphatic rings. The van der Waals surface area contributed by atoms with Crippen LogP contribution in [0.25, 0.3) is 0 Å². The Morgan fingerprint density at radius 1 is 0.826 bits per heavy atom. The number of nitrogens with one attached hydrogen (secondary N) is 2. The zero-order chi connectivity index (χ0) is 16.2. The number of para-hydroxylation sites is 2. The highest BCUT2D eigenvalue weighted by molar-refractivity contribution is 5.60. The second-order valence-corrected chi connectivity index (χ2v) is 4.93. The molecule has 3 aromatic rings. The number of aromatic nitrogens is 2. The lowest BCUT2D eigenvalue weighted by Crippen LogP contribution is -2.04. The van der Waals surface area contributed by atoms with Crippen molar-refractivity contribution in [3.8, 4) is 0 Å². The predicted molar refractivity (Wildman–Crippen MR) is 86.1 cm³/mol. The van der Waals surface area contributed by atoms with E-state index in [0.717, 1.165) is 5.69 Å². The Hall–Kier alpha value is -3.02. The summed E-state index contributed by atoms with van der Waals surface area (Å²) in [7, 11) is 0. The van der Waals surface area contributed by atoms with Gasteiger partial charge in [0.2, 0.25) is 5.95 Å². The monoisotopic (exact) mass is 312 g/mol. The second-order valence-electron chi connectivity index (χ2n) is 4.93. The summed E-state index contributed by atoms with van der Waals surface area (Å²) in [6.07, 6.45) is 0. The molecule has 0 saturated carbocycles. The van der Waals surface area contributed by atoms with Crippen LogP contribution in [0.5, 0.6) is 0 Å². The van der Waals surface area contributed by atoms with Crippen LogP contribution in [0.2, 0.25) is 0 Å². The van der Waals surface area contributed by atoms with Gasteiger partial charge in [0.15, 0.2) is 0 Å². The van der Waals surface area contributed by atoms with Crippen LogP contribution in [-0.4, -0.2) is 9.97 Å². The SMILES string of the molecule is Cc1cc(Nc2ccccc2)nc(Nc2c(F)cccc2F)n1. The number of nitrogens with zero attached hydrogens (tertiary/aromatic N) is 2. The summed E-state index contributed by atoms with van der Waals surface area (Å²) in [4.78, 5) is 8.40. The first kappa shape index (κ1) is 14.9. The van der Waals surface area contributed by atoms with E-state index in [0.29, 0.717) is 11.5 Å². The van der Waals surface area contributed by atoms with Crippen LogP contribution in [0.1, 0.15) is 5.69 Å². The molecule has 6 heteroatoms. The Bertz CT molecular complexity index is 802. The van der Waals surface area contributed by atoms with E-state index in [9.17, 15) is 8.78 Å². The van der Waals surface area contributed by atoms with Crippen LogP contribution in [0, 0.1) is 18.6 Å². The molecule has 0 radical (unpaired) electrons. The van der Waals surface area contributed by atoms with E-state index >= 15 is 0 Å². The number of hydrogen-bond acceptors (Lipinski definition) is 4. The predicted octanol–water partition coefficient (Wildman–Crippen LogP) is 4.55. The van der Waals surface area contributed by atoms with Crippen LogP contribution < -0.4 is 10.6 Å². The summed E-state index contributed by atoms with van der Waals surface area (Å²) in [5.74, 6) is -0.754. The van der Waals surface area contributed by atoms with E-state index in [1.165, 1.54) is 18.2 Å². The van der Waals surface area contributed by atoms with Gasteiger partial charge in [-0.15, -0.1) is 0 Å². The maximum Gasteiger partial charge on any atom is 0.229 e. The average molecular weight is 312 g/mol. The van der Waals surface area contributed by atoms with Gasteiger partial charge in [-0.3, -0.25) is 0 Å². The molecule has 1 heterocycles. The average Bonchev–Trinajstić information content (AvgIpc) is 2.51. The molecule has 2 aromatic carbocycles. The number of rotatable bonds is 4. The molecule has 0 unspecified atom stereocenters. The first-order valence-electron chi connectivity index (χ1n) is 7.00. The van der Waals surface area contributed by atoms with Crippen molar-refractivity contribution in [1.29, 1.82) is 0 Å². The molecule has 0 aliphatic heterocycles. The van der Waals surface area contributed by atoms with Gasteiger partial charge in [0, 0.05) is 17.4 Å². The van der Waals surface area contributed by atoms with Gasteiger partial charge in [-0.1, -0.05) is 24.3 Å². The molecule has 116 valence electrons. The molecule has 0 bridgehead atoms. The first-order chi connectivity index (χ1) is 11.1. The molecule has 4 nitrogen and oxygen atoms in total. The minimum absolute atomic E-state index is 0.118. The van der Waals surface area contributed by atoms with Gasteiger partial charge in [-0.05, 0) is 31.2 Å². The van der Waals surface area contributed by atoms with Gasteiger partial charge in [-0.25, -0.2) is 13.8 Å². The zero-order valence-electron chi connectivity index (χ0n) is 12.3. The first-order valence-corrected chi connectivity index (χ1v) is 7.00. The number of aryl methyl sites for hydroxylation is 1. The Balaban J connectivity index is 1.89. The van der Waals surface area contributed by atoms with Gasteiger partial charge >= 0.3 is 0 Å². The lowest BCUT2D eigenvalue weighted by Gasteiger charge is -2.11. The molecule has 1 aromatic heterocycles. The van der Waals surface area contributed by atoms with E-state index < -0.39 is 11.6 Å². The summed E-state index contributed by atoms with van der Waals surface area (Å²) < 4.78 is 27.4. The summed E-state index contributed by atoms with van der Waals surface area (Å²) in [6, 6.07) is 14.9. The third kappa shape index (κ3) is 3.60. The van der Waals surface area contributed by atoms with Crippen molar-refractivity contribution >= 4 is 23.1 Å². The molecule has 23 heavy (non-hydrogen) atoms. The minimum atomic E-state index is -0.701. The summed E-state index contributed by atoms with van der Waals surface area (Å²) in [5, 5.41) is 5.72. The third-order valence-corrected chi connectivity index (χ3v) is 3.10. The fourth-order valence-electron chi connectivity index (χ4n) is 2.09. The molecule has 0 atom stereocenters. The van der Waals surface area contributed by atoms with Gasteiger partial charge in [0.25, 0.3) is 0 Å². The number of benzene rings is 2. The van der Waals surface area contributed by atoms with Gasteiger partial charge < -0.3 is 10.6 Å². The highest BCUT2D eigenvalue weighted by atomic mass is 19.1. The van der Waals surface area contributed by atoms with Crippen molar-refractivity contribution in [2.75, 3.05) is 10.6 Å². The van der Waals surface area contributed by atoms with Crippen LogP contribution in [0.4, 0.5) is 31.9 Å². The largest absolute Gasteiger partial charge is 0.340 e. The van der Waals surface area contributed by atoms with Crippen molar-refractivity contribution < 1.29 is 8.78 Å². The minimum Gasteiger partial charge on any atom is -0.340 e. The smallest absolute Gasteiger partial charge is 0.229 e. The van der Waals surface area contributed by atoms with Crippen LogP contribution in [0.15, 0.2) is 54.6 Å². The van der Waals surface area contributed by atoms with Gasteiger partial charge in [0.05, 0.1) is 0 Å². The quantitative estimate of drug-likeness (QED) is 0.742. The van der Waals surface area contributed by atoms with E-state index in [1.807, 2.05) is 30.3 Å². The van der Waals surface area contributed by atoms with Crippen molar-refractivity contribution in [1.82, 2.24) is 9.97 Å². The number of anilines is 4. The van der Waals surface area contributed by atoms with E-state index in [1.54, 1.807) is 13.0 Å². The fraction of sp³-hybridized carbons (Fsp3) is 0.0588. The Morgan fingerprint density at radius 3 is 2.22 bits per heavy atom. The van der Waals surface area contributed by atoms with Crippen LogP contribution in [0.3, 0.4) is 0 Å². The zero-order valence-corrected chi connectivity index (χ0v) is 12.3. The molecule has 0 spiro atoms. The highest BCUT2D eigenvalue weighted by Gasteiger charge is 2.11. The Labute approximate surface area is 132 Å². The van der Waals surface area contributed by atoms with Crippen molar-refractivity contribution in [2.24, 2.45) is 0 Å². The van der Waals surface area contributed by atoms with Crippen molar-refractivity contribution in [3.63, 3.8) is 0 Å². The van der Waals surface area contributed by atoms with Gasteiger partial charge in [-0.2, -0.15) is 4.98 Å². The van der Waals surface area contributed by atoms with Crippen molar-refractivity contribution in [3.05, 3.63) is 71.9 Å². The summed E-state index contributed by atoms with van der Waals surface area (Å²) in [5.41, 5.74) is 1.25. The molecular weight excluding hydrogens is 298 g/mol. The maximum atomic E-state index is 13.7. The van der Waals surface area contributed by atoms with Crippen LogP contribution in [-0.2, 0) is 0 Å². The number of halogens is 2. The molecule has 0 aliphatic carbocycles. The van der Waals surface area contributed by atoms with E-state index in [2.05, 4.69) is 20.6 Å². The van der Waals surface area contributed by atoms with Gasteiger partial charge in [0.1, 0.15) is 23.1 Å². The van der Waals surface area contributed by atoms with Crippen LogP contribution >= 0.6 is 0 Å². The Morgan fingerprint density at radius 2 is 1.52 bits per heavy atom. The normalized spacial score (nSPS) is 10.4. The molecular formula is C17H14F2N4. The van der Waals surface area contributed by atoms with E-state index in [-0.39, 0.29) is 11.6 Å². The highest BCUT2D eigenvalue weighted by Crippen LogP contribution is 2.23. The molecule has 3 rings (SSSR count). The lowest BCUT2D eigenvalue weighted by molar-refractivity contribution is 0.590. The molecule has 0 fully saturated rings. The summed E-state index contributed by atoms with van der Waals surface area (Å²) in [6.45, 7) is 1.78. The lowest BCUT2D eigenvalue weighted by atomic mass is 10.3. The second kappa shape index (κ2) is 6.39. The molecule has 0 amide bonds. The molecule has 2 N–H and O–H groups in total. The molecule has 0 saturated heterocycles. The Kier molecular flexibility index (Phi) is 4.14.